The Balaban J connectivity index is 1.45. The van der Waals surface area contributed by atoms with Crippen LogP contribution in [0.4, 0.5) is 0 Å². The largest absolute Gasteiger partial charge is 0.468 e. The molecule has 5 rings (SSSR count). The number of carbonyl (C=O) groups is 3. The van der Waals surface area contributed by atoms with Crippen molar-refractivity contribution in [2.75, 3.05) is 67.6 Å². The van der Waals surface area contributed by atoms with Crippen molar-refractivity contribution in [1.29, 1.82) is 0 Å². The van der Waals surface area contributed by atoms with Crippen LogP contribution in [0.15, 0.2) is 46.0 Å². The summed E-state index contributed by atoms with van der Waals surface area (Å²) in [6.45, 7) is 4.85. The van der Waals surface area contributed by atoms with Crippen molar-refractivity contribution in [1.82, 2.24) is 19.7 Å². The summed E-state index contributed by atoms with van der Waals surface area (Å²) >= 11 is 15.0. The number of aliphatic imine (C=N–C) groups is 1. The molecule has 0 N–H and O–H groups in total. The fourth-order valence-electron chi connectivity index (χ4n) is 7.72. The van der Waals surface area contributed by atoms with Gasteiger partial charge in [-0.15, -0.1) is 11.3 Å². The molecule has 0 radical (unpaired) electrons. The number of nitrogens with zero attached hydrogens (tertiary/aromatic N) is 5. The van der Waals surface area contributed by atoms with Crippen LogP contribution >= 0.6 is 34.5 Å². The van der Waals surface area contributed by atoms with Gasteiger partial charge in [0.05, 0.1) is 36.9 Å². The molecule has 0 bridgehead atoms. The van der Waals surface area contributed by atoms with E-state index in [0.717, 1.165) is 31.2 Å². The number of halogens is 2. The molecule has 1 aliphatic carbocycles. The monoisotopic (exact) mass is 717 g/mol. The first-order valence-corrected chi connectivity index (χ1v) is 18.1. The van der Waals surface area contributed by atoms with Gasteiger partial charge < -0.3 is 19.3 Å². The lowest BCUT2D eigenvalue weighted by atomic mass is 9.74. The standard InChI is InChI=1S/C35H45Cl2N5O5S/c1-40(2)21-35(12-5-6-13-35)22-41-15-17-42(18-16-41)28(43)20-26-31(34(45)47-4)32(29-23(36)8-7-9-24(29)37)30(33(44)46-3)25(39-26)10-11-27-38-14-19-48-27/h7-9,14,19,30,32H,5-6,10-13,15-18,20-22H2,1-4H3. The van der Waals surface area contributed by atoms with Crippen LogP contribution in [0.2, 0.25) is 10.0 Å². The highest BCUT2D eigenvalue weighted by molar-refractivity contribution is 7.09. The number of thiazole rings is 1. The van der Waals surface area contributed by atoms with Crippen LogP contribution in [0.1, 0.15) is 55.0 Å². The minimum absolute atomic E-state index is 0.0831. The van der Waals surface area contributed by atoms with Gasteiger partial charge in [-0.25, -0.2) is 9.78 Å². The summed E-state index contributed by atoms with van der Waals surface area (Å²) in [6, 6.07) is 5.01. The number of aromatic nitrogens is 1. The zero-order valence-corrected chi connectivity index (χ0v) is 30.5. The van der Waals surface area contributed by atoms with E-state index in [2.05, 4.69) is 28.9 Å². The van der Waals surface area contributed by atoms with E-state index < -0.39 is 23.8 Å². The molecule has 2 aromatic rings. The molecular formula is C35H45Cl2N5O5S. The van der Waals surface area contributed by atoms with Crippen LogP contribution in [0, 0.1) is 11.3 Å². The zero-order valence-electron chi connectivity index (χ0n) is 28.2. The number of hydrogen-bond donors (Lipinski definition) is 0. The van der Waals surface area contributed by atoms with Crippen molar-refractivity contribution in [3.05, 3.63) is 61.7 Å². The minimum Gasteiger partial charge on any atom is -0.468 e. The van der Waals surface area contributed by atoms with E-state index in [0.29, 0.717) is 42.6 Å². The maximum Gasteiger partial charge on any atom is 0.336 e. The van der Waals surface area contributed by atoms with E-state index in [1.807, 2.05) is 10.3 Å². The minimum atomic E-state index is -1.02. The molecule has 10 nitrogen and oxygen atoms in total. The van der Waals surface area contributed by atoms with E-state index in [-0.39, 0.29) is 33.6 Å². The highest BCUT2D eigenvalue weighted by Gasteiger charge is 2.46. The zero-order chi connectivity index (χ0) is 34.4. The molecule has 1 aromatic heterocycles. The molecule has 48 heavy (non-hydrogen) atoms. The second-order valence-corrected chi connectivity index (χ2v) is 15.1. The average Bonchev–Trinajstić information content (AvgIpc) is 3.75. The van der Waals surface area contributed by atoms with Gasteiger partial charge in [-0.3, -0.25) is 19.5 Å². The molecular weight excluding hydrogens is 673 g/mol. The molecule has 1 amide bonds. The first kappa shape index (κ1) is 36.5. The van der Waals surface area contributed by atoms with Gasteiger partial charge in [-0.2, -0.15) is 0 Å². The lowest BCUT2D eigenvalue weighted by Gasteiger charge is -2.41. The first-order chi connectivity index (χ1) is 23.1. The van der Waals surface area contributed by atoms with Crippen LogP contribution < -0.4 is 0 Å². The predicted octanol–water partition coefficient (Wildman–Crippen LogP) is 5.49. The highest BCUT2D eigenvalue weighted by atomic mass is 35.5. The summed E-state index contributed by atoms with van der Waals surface area (Å²) in [5.74, 6) is -3.43. The molecule has 2 unspecified atom stereocenters. The number of esters is 2. The average molecular weight is 719 g/mol. The van der Waals surface area contributed by atoms with Crippen molar-refractivity contribution in [3.63, 3.8) is 0 Å². The Hall–Kier alpha value is -2.83. The Kier molecular flexibility index (Phi) is 12.3. The van der Waals surface area contributed by atoms with Crippen LogP contribution in [-0.4, -0.2) is 111 Å². The summed E-state index contributed by atoms with van der Waals surface area (Å²) in [4.78, 5) is 57.1. The molecule has 1 aromatic carbocycles. The Labute approximate surface area is 297 Å². The van der Waals surface area contributed by atoms with E-state index >= 15 is 0 Å². The van der Waals surface area contributed by atoms with Crippen LogP contribution in [-0.2, 0) is 30.3 Å². The normalized spacial score (nSPS) is 21.4. The van der Waals surface area contributed by atoms with Crippen molar-refractivity contribution in [2.45, 2.75) is 50.9 Å². The third-order valence-electron chi connectivity index (χ3n) is 9.76. The molecule has 1 saturated carbocycles. The molecule has 13 heteroatoms. The molecule has 1 saturated heterocycles. The SMILES string of the molecule is COC(=O)C1=C(CC(=O)N2CCN(CC3(CN(C)C)CCCC3)CC2)N=C(CCc2nccs2)C(C(=O)OC)C1c1c(Cl)cccc1Cl. The number of hydrogen-bond acceptors (Lipinski definition) is 10. The Morgan fingerprint density at radius 1 is 1.02 bits per heavy atom. The Morgan fingerprint density at radius 2 is 1.71 bits per heavy atom. The highest BCUT2D eigenvalue weighted by Crippen LogP contribution is 2.47. The molecule has 2 atom stereocenters. The van der Waals surface area contributed by atoms with E-state index in [1.165, 1.54) is 51.2 Å². The molecule has 2 aliphatic heterocycles. The third kappa shape index (κ3) is 8.30. The van der Waals surface area contributed by atoms with Crippen molar-refractivity contribution >= 4 is 58.1 Å². The lowest BCUT2D eigenvalue weighted by molar-refractivity contribution is -0.143. The van der Waals surface area contributed by atoms with Crippen LogP contribution in [0.3, 0.4) is 0 Å². The molecule has 3 aliphatic rings. The van der Waals surface area contributed by atoms with Gasteiger partial charge in [0.25, 0.3) is 0 Å². The summed E-state index contributed by atoms with van der Waals surface area (Å²) in [6.07, 6.45) is 7.47. The van der Waals surface area contributed by atoms with Crippen LogP contribution in [0.25, 0.3) is 0 Å². The number of ether oxygens (including phenoxy) is 2. The second-order valence-electron chi connectivity index (χ2n) is 13.3. The van der Waals surface area contributed by atoms with E-state index in [1.54, 1.807) is 24.4 Å². The van der Waals surface area contributed by atoms with Crippen LogP contribution in [0.5, 0.6) is 0 Å². The number of methoxy groups -OCH3 is 2. The number of carbonyl (C=O) groups excluding carboxylic acids is 3. The summed E-state index contributed by atoms with van der Waals surface area (Å²) < 4.78 is 10.5. The quantitative estimate of drug-likeness (QED) is 0.266. The smallest absolute Gasteiger partial charge is 0.336 e. The van der Waals surface area contributed by atoms with Gasteiger partial charge in [0.15, 0.2) is 0 Å². The molecule has 260 valence electrons. The number of amides is 1. The summed E-state index contributed by atoms with van der Waals surface area (Å²) in [5, 5.41) is 3.31. The maximum atomic E-state index is 14.0. The summed E-state index contributed by atoms with van der Waals surface area (Å²) in [7, 11) is 6.84. The van der Waals surface area contributed by atoms with Gasteiger partial charge in [0.1, 0.15) is 5.92 Å². The van der Waals surface area contributed by atoms with Crippen molar-refractivity contribution in [3.8, 4) is 0 Å². The van der Waals surface area contributed by atoms with Gasteiger partial charge in [-0.1, -0.05) is 42.1 Å². The number of benzene rings is 1. The van der Waals surface area contributed by atoms with Crippen molar-refractivity contribution < 1.29 is 23.9 Å². The van der Waals surface area contributed by atoms with Gasteiger partial charge >= 0.3 is 11.9 Å². The predicted molar refractivity (Wildman–Crippen MR) is 189 cm³/mol. The number of rotatable bonds is 12. The Bertz CT molecular complexity index is 1510. The van der Waals surface area contributed by atoms with Gasteiger partial charge in [0, 0.05) is 78.9 Å². The van der Waals surface area contributed by atoms with E-state index in [9.17, 15) is 14.4 Å². The molecule has 3 heterocycles. The number of piperazine rings is 1. The second kappa shape index (κ2) is 16.3. The topological polar surface area (TPSA) is 105 Å². The van der Waals surface area contributed by atoms with Gasteiger partial charge in [-0.05, 0) is 56.5 Å². The Morgan fingerprint density at radius 3 is 2.29 bits per heavy atom. The fourth-order valence-corrected chi connectivity index (χ4v) is 8.97. The third-order valence-corrected chi connectivity index (χ3v) is 11.3. The van der Waals surface area contributed by atoms with E-state index in [4.69, 9.17) is 37.7 Å². The van der Waals surface area contributed by atoms with Gasteiger partial charge in [0.2, 0.25) is 5.91 Å². The van der Waals surface area contributed by atoms with Crippen molar-refractivity contribution in [2.24, 2.45) is 16.3 Å². The number of aryl methyl sites for hydroxylation is 1. The first-order valence-electron chi connectivity index (χ1n) is 16.5. The molecule has 0 spiro atoms. The lowest BCUT2D eigenvalue weighted by Crippen LogP contribution is -2.52. The fraction of sp³-hybridized carbons (Fsp3) is 0.571. The molecule has 2 fully saturated rings. The summed E-state index contributed by atoms with van der Waals surface area (Å²) in [5.41, 5.74) is 1.49. The maximum absolute atomic E-state index is 14.0.